The third-order valence-corrected chi connectivity index (χ3v) is 4.56. The second kappa shape index (κ2) is 5.81. The van der Waals surface area contributed by atoms with Gasteiger partial charge in [-0.2, -0.15) is 5.10 Å². The van der Waals surface area contributed by atoms with Gasteiger partial charge in [-0.15, -0.1) is 0 Å². The normalized spacial score (nSPS) is 19.6. The number of aromatic nitrogens is 3. The molecule has 0 saturated carbocycles. The fraction of sp³-hybridized carbons (Fsp3) is 0.471. The Labute approximate surface area is 140 Å². The van der Waals surface area contributed by atoms with Gasteiger partial charge in [0, 0.05) is 13.1 Å². The molecular formula is C17H20N4O3. The molecule has 0 N–H and O–H groups in total. The van der Waals surface area contributed by atoms with Crippen LogP contribution in [-0.2, 0) is 0 Å². The smallest absolute Gasteiger partial charge is 0.257 e. The van der Waals surface area contributed by atoms with E-state index in [9.17, 15) is 4.79 Å². The Bertz CT molecular complexity index is 786. The molecule has 4 rings (SSSR count). The number of benzene rings is 1. The summed E-state index contributed by atoms with van der Waals surface area (Å²) in [6.45, 7) is 5.38. The average Bonchev–Trinajstić information content (AvgIpc) is 3.20. The number of carbonyl (C=O) groups is 1. The van der Waals surface area contributed by atoms with E-state index >= 15 is 0 Å². The van der Waals surface area contributed by atoms with Gasteiger partial charge in [0.05, 0.1) is 11.6 Å². The minimum Gasteiger partial charge on any atom is -0.454 e. The molecule has 2 aromatic rings. The van der Waals surface area contributed by atoms with Gasteiger partial charge in [0.25, 0.3) is 5.91 Å². The number of piperidine rings is 1. The minimum absolute atomic E-state index is 0.0171. The minimum atomic E-state index is -0.0171. The molecule has 1 atom stereocenters. The van der Waals surface area contributed by atoms with Crippen molar-refractivity contribution in [2.45, 2.75) is 32.7 Å². The summed E-state index contributed by atoms with van der Waals surface area (Å²) in [5.74, 6) is 2.83. The Morgan fingerprint density at radius 3 is 2.96 bits per heavy atom. The van der Waals surface area contributed by atoms with Crippen molar-refractivity contribution in [3.63, 3.8) is 0 Å². The third kappa shape index (κ3) is 2.50. The predicted octanol–water partition coefficient (Wildman–Crippen LogP) is 2.10. The van der Waals surface area contributed by atoms with E-state index in [1.54, 1.807) is 6.07 Å². The van der Waals surface area contributed by atoms with Crippen molar-refractivity contribution in [2.24, 2.45) is 0 Å². The zero-order valence-electron chi connectivity index (χ0n) is 13.9. The molecule has 1 aromatic heterocycles. The molecule has 1 saturated heterocycles. The van der Waals surface area contributed by atoms with E-state index in [1.165, 1.54) is 0 Å². The summed E-state index contributed by atoms with van der Waals surface area (Å²) in [5, 5.41) is 4.48. The van der Waals surface area contributed by atoms with Crippen LogP contribution in [0, 0.1) is 13.8 Å². The van der Waals surface area contributed by atoms with Crippen LogP contribution in [0.25, 0.3) is 0 Å². The lowest BCUT2D eigenvalue weighted by Crippen LogP contribution is -2.41. The summed E-state index contributed by atoms with van der Waals surface area (Å²) < 4.78 is 12.8. The molecule has 1 amide bonds. The maximum absolute atomic E-state index is 13.0. The van der Waals surface area contributed by atoms with Gasteiger partial charge in [-0.05, 0) is 38.8 Å². The lowest BCUT2D eigenvalue weighted by Gasteiger charge is -2.33. The van der Waals surface area contributed by atoms with Crippen molar-refractivity contribution in [1.29, 1.82) is 0 Å². The number of amides is 1. The summed E-state index contributed by atoms with van der Waals surface area (Å²) in [4.78, 5) is 19.2. The van der Waals surface area contributed by atoms with Crippen molar-refractivity contribution in [1.82, 2.24) is 19.7 Å². The molecule has 7 heteroatoms. The van der Waals surface area contributed by atoms with Crippen molar-refractivity contribution in [3.8, 4) is 11.5 Å². The highest BCUT2D eigenvalue weighted by Crippen LogP contribution is 2.36. The van der Waals surface area contributed by atoms with Crippen LogP contribution in [0.15, 0.2) is 18.2 Å². The molecule has 0 unspecified atom stereocenters. The number of para-hydroxylation sites is 1. The molecule has 0 spiro atoms. The Morgan fingerprint density at radius 1 is 1.29 bits per heavy atom. The van der Waals surface area contributed by atoms with Crippen LogP contribution < -0.4 is 9.47 Å². The van der Waals surface area contributed by atoms with Gasteiger partial charge in [-0.25, -0.2) is 9.67 Å². The number of rotatable bonds is 2. The Morgan fingerprint density at radius 2 is 2.17 bits per heavy atom. The van der Waals surface area contributed by atoms with Crippen LogP contribution in [-0.4, -0.2) is 45.5 Å². The standard InChI is InChI=1S/C17H20N4O3/c1-11-18-12(2)21(19-11)13-5-4-8-20(9-13)17(22)14-6-3-7-15-16(14)24-10-23-15/h3,6-7,13H,4-5,8-10H2,1-2H3/t13-/m1/s1. The van der Waals surface area contributed by atoms with Crippen LogP contribution in [0.4, 0.5) is 0 Å². The van der Waals surface area contributed by atoms with E-state index in [4.69, 9.17) is 9.47 Å². The van der Waals surface area contributed by atoms with E-state index in [-0.39, 0.29) is 18.7 Å². The second-order valence-corrected chi connectivity index (χ2v) is 6.24. The predicted molar refractivity (Wildman–Crippen MR) is 86.2 cm³/mol. The van der Waals surface area contributed by atoms with Crippen molar-refractivity contribution in [2.75, 3.05) is 19.9 Å². The topological polar surface area (TPSA) is 69.5 Å². The Kier molecular flexibility index (Phi) is 3.63. The number of aryl methyl sites for hydroxylation is 2. The fourth-order valence-corrected chi connectivity index (χ4v) is 3.49. The molecule has 2 aliphatic heterocycles. The largest absolute Gasteiger partial charge is 0.454 e. The SMILES string of the molecule is Cc1nc(C)n([C@@H]2CCCN(C(=O)c3cccc4c3OCO4)C2)n1. The first-order chi connectivity index (χ1) is 11.6. The quantitative estimate of drug-likeness (QED) is 0.844. The molecule has 0 bridgehead atoms. The molecule has 0 radical (unpaired) electrons. The highest BCUT2D eigenvalue weighted by atomic mass is 16.7. The molecule has 24 heavy (non-hydrogen) atoms. The van der Waals surface area contributed by atoms with Crippen molar-refractivity contribution >= 4 is 5.91 Å². The first-order valence-electron chi connectivity index (χ1n) is 8.21. The lowest BCUT2D eigenvalue weighted by atomic mass is 10.0. The summed E-state index contributed by atoms with van der Waals surface area (Å²) in [5.41, 5.74) is 0.567. The van der Waals surface area contributed by atoms with Crippen molar-refractivity contribution in [3.05, 3.63) is 35.4 Å². The fourth-order valence-electron chi connectivity index (χ4n) is 3.49. The Balaban J connectivity index is 1.57. The number of nitrogens with zero attached hydrogens (tertiary/aromatic N) is 4. The van der Waals surface area contributed by atoms with E-state index in [2.05, 4.69) is 10.1 Å². The van der Waals surface area contributed by atoms with Gasteiger partial charge in [0.2, 0.25) is 6.79 Å². The third-order valence-electron chi connectivity index (χ3n) is 4.56. The second-order valence-electron chi connectivity index (χ2n) is 6.24. The van der Waals surface area contributed by atoms with Crippen LogP contribution in [0.3, 0.4) is 0 Å². The summed E-state index contributed by atoms with van der Waals surface area (Å²) in [7, 11) is 0. The maximum Gasteiger partial charge on any atom is 0.257 e. The first kappa shape index (κ1) is 15.0. The number of ether oxygens (including phenoxy) is 2. The van der Waals surface area contributed by atoms with Gasteiger partial charge in [-0.1, -0.05) is 6.07 Å². The summed E-state index contributed by atoms with van der Waals surface area (Å²) >= 11 is 0. The highest BCUT2D eigenvalue weighted by Gasteiger charge is 2.30. The van der Waals surface area contributed by atoms with E-state index in [0.717, 1.165) is 31.0 Å². The van der Waals surface area contributed by atoms with Gasteiger partial charge in [0.1, 0.15) is 11.6 Å². The van der Waals surface area contributed by atoms with Crippen LogP contribution in [0.1, 0.15) is 40.9 Å². The molecular weight excluding hydrogens is 308 g/mol. The zero-order valence-corrected chi connectivity index (χ0v) is 13.9. The molecule has 126 valence electrons. The highest BCUT2D eigenvalue weighted by molar-refractivity contribution is 5.98. The van der Waals surface area contributed by atoms with Crippen molar-refractivity contribution < 1.29 is 14.3 Å². The van der Waals surface area contributed by atoms with Crippen LogP contribution in [0.5, 0.6) is 11.5 Å². The van der Waals surface area contributed by atoms with Gasteiger partial charge in [0.15, 0.2) is 11.5 Å². The molecule has 0 aliphatic carbocycles. The van der Waals surface area contributed by atoms with Crippen LogP contribution >= 0.6 is 0 Å². The number of carbonyl (C=O) groups excluding carboxylic acids is 1. The Hall–Kier alpha value is -2.57. The van der Waals surface area contributed by atoms with Crippen LogP contribution in [0.2, 0.25) is 0 Å². The van der Waals surface area contributed by atoms with Gasteiger partial charge < -0.3 is 14.4 Å². The molecule has 7 nitrogen and oxygen atoms in total. The van der Waals surface area contributed by atoms with E-state index in [0.29, 0.717) is 23.6 Å². The monoisotopic (exact) mass is 328 g/mol. The average molecular weight is 328 g/mol. The molecule has 2 aliphatic rings. The molecule has 3 heterocycles. The molecule has 1 aromatic carbocycles. The number of hydrogen-bond acceptors (Lipinski definition) is 5. The van der Waals surface area contributed by atoms with E-state index in [1.807, 2.05) is 35.6 Å². The summed E-state index contributed by atoms with van der Waals surface area (Å²) in [6.07, 6.45) is 1.95. The summed E-state index contributed by atoms with van der Waals surface area (Å²) in [6, 6.07) is 5.61. The zero-order chi connectivity index (χ0) is 16.7. The van der Waals surface area contributed by atoms with E-state index < -0.39 is 0 Å². The first-order valence-corrected chi connectivity index (χ1v) is 8.21. The number of fused-ring (bicyclic) bond motifs is 1. The maximum atomic E-state index is 13.0. The number of likely N-dealkylation sites (tertiary alicyclic amines) is 1. The molecule has 1 fully saturated rings. The van der Waals surface area contributed by atoms with Gasteiger partial charge >= 0.3 is 0 Å². The lowest BCUT2D eigenvalue weighted by molar-refractivity contribution is 0.0666. The van der Waals surface area contributed by atoms with Gasteiger partial charge in [-0.3, -0.25) is 4.79 Å². The number of hydrogen-bond donors (Lipinski definition) is 0.